The zero-order valence-electron chi connectivity index (χ0n) is 12.2. The topological polar surface area (TPSA) is 35.2 Å². The number of hydrogen-bond donors (Lipinski definition) is 1. The molecule has 0 amide bonds. The number of benzene rings is 2. The van der Waals surface area contributed by atoms with Crippen molar-refractivity contribution >= 4 is 11.8 Å². The van der Waals surface area contributed by atoms with Crippen LogP contribution in [-0.2, 0) is 0 Å². The number of rotatable bonds is 5. The van der Waals surface area contributed by atoms with Crippen LogP contribution in [0.4, 0.5) is 0 Å². The van der Waals surface area contributed by atoms with E-state index in [4.69, 9.17) is 10.5 Å². The van der Waals surface area contributed by atoms with Gasteiger partial charge in [0.05, 0.1) is 7.11 Å². The molecular weight excluding hydrogens is 266 g/mol. The van der Waals surface area contributed by atoms with Gasteiger partial charge >= 0.3 is 0 Å². The smallest absolute Gasteiger partial charge is 0.118 e. The molecule has 0 spiro atoms. The van der Waals surface area contributed by atoms with Crippen molar-refractivity contribution in [1.29, 1.82) is 0 Å². The fourth-order valence-electron chi connectivity index (χ4n) is 2.06. The van der Waals surface area contributed by atoms with Crippen molar-refractivity contribution in [3.8, 4) is 5.75 Å². The molecule has 0 aromatic heterocycles. The Kier molecular flexibility index (Phi) is 5.10. The van der Waals surface area contributed by atoms with E-state index in [0.717, 1.165) is 11.3 Å². The van der Waals surface area contributed by atoms with Crippen LogP contribution in [0.1, 0.15) is 24.1 Å². The first kappa shape index (κ1) is 14.9. The molecule has 2 rings (SSSR count). The SMILES string of the molecule is COc1ccc(C(N)C(C)Sc2ccccc2C)cc1. The number of ether oxygens (including phenoxy) is 1. The number of hydrogen-bond acceptors (Lipinski definition) is 3. The van der Waals surface area contributed by atoms with Gasteiger partial charge in [-0.1, -0.05) is 37.3 Å². The van der Waals surface area contributed by atoms with Crippen LogP contribution < -0.4 is 10.5 Å². The molecule has 20 heavy (non-hydrogen) atoms. The summed E-state index contributed by atoms with van der Waals surface area (Å²) in [6, 6.07) is 16.4. The summed E-state index contributed by atoms with van der Waals surface area (Å²) in [5, 5.41) is 0.310. The van der Waals surface area contributed by atoms with E-state index in [0.29, 0.717) is 5.25 Å². The lowest BCUT2D eigenvalue weighted by Gasteiger charge is -2.21. The molecule has 2 aromatic rings. The van der Waals surface area contributed by atoms with E-state index in [2.05, 4.69) is 38.1 Å². The molecule has 0 aliphatic rings. The molecule has 0 heterocycles. The summed E-state index contributed by atoms with van der Waals surface area (Å²) < 4.78 is 5.17. The Morgan fingerprint density at radius 1 is 1.05 bits per heavy atom. The van der Waals surface area contributed by atoms with Crippen LogP contribution in [0, 0.1) is 6.92 Å². The lowest BCUT2D eigenvalue weighted by atomic mass is 10.1. The lowest BCUT2D eigenvalue weighted by molar-refractivity contribution is 0.414. The first-order chi connectivity index (χ1) is 9.61. The van der Waals surface area contributed by atoms with Gasteiger partial charge in [0.15, 0.2) is 0 Å². The lowest BCUT2D eigenvalue weighted by Crippen LogP contribution is -2.21. The van der Waals surface area contributed by atoms with E-state index in [1.165, 1.54) is 10.5 Å². The second-order valence-corrected chi connectivity index (χ2v) is 6.31. The minimum Gasteiger partial charge on any atom is -0.497 e. The molecule has 2 atom stereocenters. The first-order valence-electron chi connectivity index (χ1n) is 6.73. The Bertz CT molecular complexity index is 553. The van der Waals surface area contributed by atoms with Crippen LogP contribution in [0.25, 0.3) is 0 Å². The van der Waals surface area contributed by atoms with Crippen molar-refractivity contribution < 1.29 is 4.74 Å². The maximum atomic E-state index is 6.37. The molecular formula is C17H21NOS. The molecule has 2 unspecified atom stereocenters. The zero-order chi connectivity index (χ0) is 14.5. The highest BCUT2D eigenvalue weighted by Gasteiger charge is 2.16. The van der Waals surface area contributed by atoms with Crippen LogP contribution in [0.5, 0.6) is 5.75 Å². The van der Waals surface area contributed by atoms with E-state index in [9.17, 15) is 0 Å². The summed E-state index contributed by atoms with van der Waals surface area (Å²) in [6.45, 7) is 4.31. The number of aryl methyl sites for hydroxylation is 1. The summed E-state index contributed by atoms with van der Waals surface area (Å²) in [7, 11) is 1.67. The highest BCUT2D eigenvalue weighted by Crippen LogP contribution is 2.32. The van der Waals surface area contributed by atoms with Crippen LogP contribution in [-0.4, -0.2) is 12.4 Å². The van der Waals surface area contributed by atoms with Gasteiger partial charge in [0.1, 0.15) is 5.75 Å². The van der Waals surface area contributed by atoms with E-state index in [-0.39, 0.29) is 6.04 Å². The Morgan fingerprint density at radius 3 is 2.30 bits per heavy atom. The summed E-state index contributed by atoms with van der Waals surface area (Å²) in [6.07, 6.45) is 0. The van der Waals surface area contributed by atoms with Crippen LogP contribution in [0.3, 0.4) is 0 Å². The van der Waals surface area contributed by atoms with E-state index in [1.54, 1.807) is 7.11 Å². The average Bonchev–Trinajstić information content (AvgIpc) is 2.49. The Hall–Kier alpha value is -1.45. The van der Waals surface area contributed by atoms with E-state index >= 15 is 0 Å². The summed E-state index contributed by atoms with van der Waals surface area (Å²) in [5.41, 5.74) is 8.80. The van der Waals surface area contributed by atoms with Gasteiger partial charge in [-0.3, -0.25) is 0 Å². The van der Waals surface area contributed by atoms with Crippen molar-refractivity contribution in [2.45, 2.75) is 30.0 Å². The van der Waals surface area contributed by atoms with E-state index in [1.807, 2.05) is 36.0 Å². The maximum Gasteiger partial charge on any atom is 0.118 e. The van der Waals surface area contributed by atoms with Gasteiger partial charge in [-0.05, 0) is 36.2 Å². The molecule has 0 bridgehead atoms. The maximum absolute atomic E-state index is 6.37. The van der Waals surface area contributed by atoms with Crippen molar-refractivity contribution in [1.82, 2.24) is 0 Å². The third-order valence-electron chi connectivity index (χ3n) is 3.41. The van der Waals surface area contributed by atoms with Gasteiger partial charge in [0.25, 0.3) is 0 Å². The molecule has 2 aromatic carbocycles. The van der Waals surface area contributed by atoms with Crippen molar-refractivity contribution in [2.75, 3.05) is 7.11 Å². The second-order valence-electron chi connectivity index (χ2n) is 4.89. The van der Waals surface area contributed by atoms with Gasteiger partial charge in [-0.15, -0.1) is 11.8 Å². The molecule has 2 N–H and O–H groups in total. The predicted octanol–water partition coefficient (Wildman–Crippen LogP) is 4.18. The van der Waals surface area contributed by atoms with E-state index < -0.39 is 0 Å². The Morgan fingerprint density at radius 2 is 1.70 bits per heavy atom. The normalized spacial score (nSPS) is 13.8. The fraction of sp³-hybridized carbons (Fsp3) is 0.294. The summed E-state index contributed by atoms with van der Waals surface area (Å²) >= 11 is 1.83. The van der Waals surface area contributed by atoms with Crippen molar-refractivity contribution in [3.63, 3.8) is 0 Å². The van der Waals surface area contributed by atoms with Crippen LogP contribution in [0.15, 0.2) is 53.4 Å². The quantitative estimate of drug-likeness (QED) is 0.838. The first-order valence-corrected chi connectivity index (χ1v) is 7.61. The molecule has 106 valence electrons. The third kappa shape index (κ3) is 3.56. The Balaban J connectivity index is 2.08. The van der Waals surface area contributed by atoms with Gasteiger partial charge < -0.3 is 10.5 Å². The highest BCUT2D eigenvalue weighted by molar-refractivity contribution is 8.00. The molecule has 0 saturated carbocycles. The minimum atomic E-state index is 0.00510. The molecule has 0 aliphatic carbocycles. The van der Waals surface area contributed by atoms with Crippen LogP contribution in [0.2, 0.25) is 0 Å². The van der Waals surface area contributed by atoms with Gasteiger partial charge in [0, 0.05) is 16.2 Å². The summed E-state index contributed by atoms with van der Waals surface area (Å²) in [4.78, 5) is 1.30. The predicted molar refractivity (Wildman–Crippen MR) is 86.4 cm³/mol. The standard InChI is InChI=1S/C17H21NOS/c1-12-6-4-5-7-16(12)20-13(2)17(18)14-8-10-15(19-3)11-9-14/h4-11,13,17H,18H2,1-3H3. The summed E-state index contributed by atoms with van der Waals surface area (Å²) in [5.74, 6) is 0.861. The number of nitrogens with two attached hydrogens (primary N) is 1. The number of methoxy groups -OCH3 is 1. The van der Waals surface area contributed by atoms with Gasteiger partial charge in [-0.2, -0.15) is 0 Å². The van der Waals surface area contributed by atoms with Gasteiger partial charge in [0.2, 0.25) is 0 Å². The fourth-order valence-corrected chi connectivity index (χ4v) is 3.17. The molecule has 0 aliphatic heterocycles. The largest absolute Gasteiger partial charge is 0.497 e. The molecule has 0 fully saturated rings. The molecule has 0 radical (unpaired) electrons. The van der Waals surface area contributed by atoms with Crippen LogP contribution >= 0.6 is 11.8 Å². The van der Waals surface area contributed by atoms with Crippen molar-refractivity contribution in [3.05, 3.63) is 59.7 Å². The number of thioether (sulfide) groups is 1. The highest BCUT2D eigenvalue weighted by atomic mass is 32.2. The average molecular weight is 287 g/mol. The molecule has 3 heteroatoms. The second kappa shape index (κ2) is 6.82. The zero-order valence-corrected chi connectivity index (χ0v) is 13.0. The molecule has 0 saturated heterocycles. The monoisotopic (exact) mass is 287 g/mol. The Labute approximate surface area is 125 Å². The third-order valence-corrected chi connectivity index (χ3v) is 4.79. The minimum absolute atomic E-state index is 0.00510. The molecule has 2 nitrogen and oxygen atoms in total. The van der Waals surface area contributed by atoms with Crippen molar-refractivity contribution in [2.24, 2.45) is 5.73 Å². The van der Waals surface area contributed by atoms with Gasteiger partial charge in [-0.25, -0.2) is 0 Å².